The fraction of sp³-hybridized carbons (Fsp3) is 0.360. The number of carbonyl (C=O) groups excluding carboxylic acids is 4. The van der Waals surface area contributed by atoms with Gasteiger partial charge in [0, 0.05) is 24.0 Å². The standard InChI is InChI=1S/C25H32N4O8/c1-17(27-23(31)34-16-19(3)37-25(33)29-21-12-8-5-9-13-21)14-26-22(30)36-18(2)15-35-24(32)28-20-10-6-4-7-11-20/h4-13,17-19H,14-16H2,1-3H3,(H,26,30)(H,27,31)(H,28,32)(H,29,33). The fourth-order valence-corrected chi connectivity index (χ4v) is 2.74. The second-order valence-electron chi connectivity index (χ2n) is 8.04. The smallest absolute Gasteiger partial charge is 0.412 e. The van der Waals surface area contributed by atoms with Gasteiger partial charge in [-0.05, 0) is 45.0 Å². The van der Waals surface area contributed by atoms with Crippen molar-refractivity contribution in [3.8, 4) is 0 Å². The van der Waals surface area contributed by atoms with Crippen LogP contribution in [-0.4, -0.2) is 62.4 Å². The van der Waals surface area contributed by atoms with E-state index in [-0.39, 0.29) is 19.8 Å². The summed E-state index contributed by atoms with van der Waals surface area (Å²) in [4.78, 5) is 47.5. The Hall–Kier alpha value is -4.48. The molecule has 200 valence electrons. The molecule has 0 bridgehead atoms. The monoisotopic (exact) mass is 516 g/mol. The van der Waals surface area contributed by atoms with E-state index in [4.69, 9.17) is 18.9 Å². The Morgan fingerprint density at radius 2 is 1.11 bits per heavy atom. The molecule has 0 saturated heterocycles. The molecule has 0 saturated carbocycles. The SMILES string of the molecule is CC(CNC(=O)OC(C)COC(=O)Nc1ccccc1)NC(=O)OCC(C)OC(=O)Nc1ccccc1. The normalized spacial score (nSPS) is 12.6. The number of rotatable bonds is 11. The molecule has 4 N–H and O–H groups in total. The van der Waals surface area contributed by atoms with E-state index in [1.54, 1.807) is 69.3 Å². The molecular weight excluding hydrogens is 484 g/mol. The van der Waals surface area contributed by atoms with E-state index in [0.29, 0.717) is 11.4 Å². The summed E-state index contributed by atoms with van der Waals surface area (Å²) in [7, 11) is 0. The first-order valence-electron chi connectivity index (χ1n) is 11.6. The summed E-state index contributed by atoms with van der Waals surface area (Å²) < 4.78 is 20.3. The van der Waals surface area contributed by atoms with Crippen molar-refractivity contribution in [2.45, 2.75) is 39.0 Å². The molecule has 2 rings (SSSR count). The third kappa shape index (κ3) is 12.7. The van der Waals surface area contributed by atoms with Gasteiger partial charge >= 0.3 is 24.4 Å². The van der Waals surface area contributed by atoms with E-state index in [1.165, 1.54) is 0 Å². The quantitative estimate of drug-likeness (QED) is 0.326. The first-order valence-corrected chi connectivity index (χ1v) is 11.6. The van der Waals surface area contributed by atoms with Gasteiger partial charge in [0.05, 0.1) is 0 Å². The predicted octanol–water partition coefficient (Wildman–Crippen LogP) is 4.10. The molecular formula is C25H32N4O8. The van der Waals surface area contributed by atoms with Gasteiger partial charge in [-0.25, -0.2) is 19.2 Å². The molecule has 0 radical (unpaired) electrons. The lowest BCUT2D eigenvalue weighted by Crippen LogP contribution is -2.43. The van der Waals surface area contributed by atoms with E-state index in [9.17, 15) is 19.2 Å². The molecule has 12 nitrogen and oxygen atoms in total. The number of hydrogen-bond donors (Lipinski definition) is 4. The average molecular weight is 517 g/mol. The van der Waals surface area contributed by atoms with Crippen LogP contribution < -0.4 is 21.3 Å². The largest absolute Gasteiger partial charge is 0.446 e. The lowest BCUT2D eigenvalue weighted by molar-refractivity contribution is 0.0558. The summed E-state index contributed by atoms with van der Waals surface area (Å²) in [6.45, 7) is 4.55. The number of para-hydroxylation sites is 2. The molecule has 2 aromatic rings. The Morgan fingerprint density at radius 1 is 0.649 bits per heavy atom. The average Bonchev–Trinajstić information content (AvgIpc) is 2.86. The highest BCUT2D eigenvalue weighted by atomic mass is 16.6. The lowest BCUT2D eigenvalue weighted by atomic mass is 10.3. The van der Waals surface area contributed by atoms with Crippen LogP contribution in [0.15, 0.2) is 60.7 Å². The van der Waals surface area contributed by atoms with E-state index in [2.05, 4.69) is 21.3 Å². The second kappa shape index (κ2) is 15.5. The fourth-order valence-electron chi connectivity index (χ4n) is 2.74. The Balaban J connectivity index is 1.55. The zero-order chi connectivity index (χ0) is 27.0. The number of nitrogens with one attached hydrogen (secondary N) is 4. The second-order valence-corrected chi connectivity index (χ2v) is 8.04. The number of ether oxygens (including phenoxy) is 4. The zero-order valence-corrected chi connectivity index (χ0v) is 20.9. The van der Waals surface area contributed by atoms with Crippen molar-refractivity contribution in [3.05, 3.63) is 60.7 Å². The van der Waals surface area contributed by atoms with Crippen LogP contribution in [0.3, 0.4) is 0 Å². The molecule has 37 heavy (non-hydrogen) atoms. The number of amides is 4. The van der Waals surface area contributed by atoms with Gasteiger partial charge in [-0.1, -0.05) is 36.4 Å². The van der Waals surface area contributed by atoms with Gasteiger partial charge in [-0.15, -0.1) is 0 Å². The number of benzene rings is 2. The van der Waals surface area contributed by atoms with E-state index < -0.39 is 42.6 Å². The van der Waals surface area contributed by atoms with Crippen LogP contribution in [0, 0.1) is 0 Å². The number of alkyl carbamates (subject to hydrolysis) is 2. The first-order chi connectivity index (χ1) is 17.7. The van der Waals surface area contributed by atoms with E-state index in [0.717, 1.165) is 0 Å². The van der Waals surface area contributed by atoms with Crippen molar-refractivity contribution < 1.29 is 38.1 Å². The van der Waals surface area contributed by atoms with Gasteiger partial charge in [0.1, 0.15) is 25.4 Å². The third-order valence-electron chi connectivity index (χ3n) is 4.47. The maximum Gasteiger partial charge on any atom is 0.412 e. The molecule has 12 heteroatoms. The summed E-state index contributed by atoms with van der Waals surface area (Å²) in [6, 6.07) is 17.1. The molecule has 2 aromatic carbocycles. The van der Waals surface area contributed by atoms with Crippen molar-refractivity contribution in [1.82, 2.24) is 10.6 Å². The highest BCUT2D eigenvalue weighted by Crippen LogP contribution is 2.07. The van der Waals surface area contributed by atoms with Crippen molar-refractivity contribution in [2.75, 3.05) is 30.4 Å². The van der Waals surface area contributed by atoms with Crippen LogP contribution in [0.1, 0.15) is 20.8 Å². The van der Waals surface area contributed by atoms with Crippen LogP contribution in [0.4, 0.5) is 30.6 Å². The van der Waals surface area contributed by atoms with Gasteiger partial charge in [-0.3, -0.25) is 10.6 Å². The van der Waals surface area contributed by atoms with Crippen LogP contribution in [-0.2, 0) is 18.9 Å². The van der Waals surface area contributed by atoms with Gasteiger partial charge in [-0.2, -0.15) is 0 Å². The van der Waals surface area contributed by atoms with Crippen molar-refractivity contribution in [2.24, 2.45) is 0 Å². The molecule has 3 atom stereocenters. The molecule has 4 amide bonds. The van der Waals surface area contributed by atoms with Gasteiger partial charge in [0.15, 0.2) is 0 Å². The van der Waals surface area contributed by atoms with Crippen molar-refractivity contribution in [1.29, 1.82) is 0 Å². The predicted molar refractivity (Wildman–Crippen MR) is 135 cm³/mol. The number of carbonyl (C=O) groups is 4. The van der Waals surface area contributed by atoms with Gasteiger partial charge < -0.3 is 29.6 Å². The molecule has 0 aromatic heterocycles. The molecule has 0 aliphatic rings. The molecule has 0 heterocycles. The Bertz CT molecular complexity index is 1010. The van der Waals surface area contributed by atoms with Crippen molar-refractivity contribution in [3.63, 3.8) is 0 Å². The Morgan fingerprint density at radius 3 is 1.65 bits per heavy atom. The van der Waals surface area contributed by atoms with Gasteiger partial charge in [0.2, 0.25) is 0 Å². The van der Waals surface area contributed by atoms with E-state index in [1.807, 2.05) is 12.1 Å². The minimum Gasteiger partial charge on any atom is -0.446 e. The highest BCUT2D eigenvalue weighted by Gasteiger charge is 2.16. The van der Waals surface area contributed by atoms with Crippen LogP contribution in [0.2, 0.25) is 0 Å². The van der Waals surface area contributed by atoms with Gasteiger partial charge in [0.25, 0.3) is 0 Å². The molecule has 0 aliphatic carbocycles. The zero-order valence-electron chi connectivity index (χ0n) is 20.9. The molecule has 0 aliphatic heterocycles. The molecule has 0 fully saturated rings. The highest BCUT2D eigenvalue weighted by molar-refractivity contribution is 5.85. The van der Waals surface area contributed by atoms with Crippen LogP contribution in [0.25, 0.3) is 0 Å². The summed E-state index contributed by atoms with van der Waals surface area (Å²) in [5, 5.41) is 10.1. The van der Waals surface area contributed by atoms with Crippen LogP contribution in [0.5, 0.6) is 0 Å². The number of hydrogen-bond acceptors (Lipinski definition) is 8. The number of anilines is 2. The molecule has 0 spiro atoms. The van der Waals surface area contributed by atoms with Crippen LogP contribution >= 0.6 is 0 Å². The summed E-state index contributed by atoms with van der Waals surface area (Å²) in [5.74, 6) is 0. The third-order valence-corrected chi connectivity index (χ3v) is 4.47. The van der Waals surface area contributed by atoms with Crippen molar-refractivity contribution >= 4 is 35.7 Å². The first kappa shape index (κ1) is 28.8. The molecule has 3 unspecified atom stereocenters. The summed E-state index contributed by atoms with van der Waals surface area (Å²) in [5.41, 5.74) is 1.16. The Labute approximate surface area is 215 Å². The minimum atomic E-state index is -0.743. The summed E-state index contributed by atoms with van der Waals surface area (Å²) in [6.07, 6.45) is -4.21. The Kier molecular flexibility index (Phi) is 12.0. The lowest BCUT2D eigenvalue weighted by Gasteiger charge is -2.18. The maximum atomic E-state index is 11.9. The van der Waals surface area contributed by atoms with E-state index >= 15 is 0 Å². The maximum absolute atomic E-state index is 11.9. The minimum absolute atomic E-state index is 0.0571. The topological polar surface area (TPSA) is 153 Å². The summed E-state index contributed by atoms with van der Waals surface area (Å²) >= 11 is 0.